The Balaban J connectivity index is 1.65. The fourth-order valence-corrected chi connectivity index (χ4v) is 4.92. The molecular formula is C23H35N5O2. The number of hydrogen-bond donors (Lipinski definition) is 1. The molecule has 0 aliphatic carbocycles. The van der Waals surface area contributed by atoms with Crippen LogP contribution < -0.4 is 10.2 Å². The molecule has 4 unspecified atom stereocenters. The molecule has 0 saturated carbocycles. The normalized spacial score (nSPS) is 29.6. The second kappa shape index (κ2) is 7.85. The monoisotopic (exact) mass is 413 g/mol. The highest BCUT2D eigenvalue weighted by Gasteiger charge is 2.56. The van der Waals surface area contributed by atoms with Crippen LogP contribution in [0.5, 0.6) is 0 Å². The molecule has 3 heterocycles. The number of benzene rings is 1. The fourth-order valence-electron chi connectivity index (χ4n) is 4.92. The summed E-state index contributed by atoms with van der Waals surface area (Å²) in [4.78, 5) is 34.2. The van der Waals surface area contributed by atoms with Gasteiger partial charge in [-0.3, -0.25) is 19.9 Å². The largest absolute Gasteiger partial charge is 0.343 e. The minimum Gasteiger partial charge on any atom is -0.343 e. The van der Waals surface area contributed by atoms with Crippen LogP contribution in [-0.2, 0) is 4.79 Å². The Kier molecular flexibility index (Phi) is 5.53. The van der Waals surface area contributed by atoms with E-state index in [4.69, 9.17) is 0 Å². The van der Waals surface area contributed by atoms with Gasteiger partial charge >= 0.3 is 6.03 Å². The molecule has 0 radical (unpaired) electrons. The number of amides is 3. The molecule has 7 heteroatoms. The van der Waals surface area contributed by atoms with Crippen LogP contribution in [0.2, 0.25) is 0 Å². The third-order valence-electron chi connectivity index (χ3n) is 6.84. The number of fused-ring (bicyclic) bond motifs is 3. The van der Waals surface area contributed by atoms with Gasteiger partial charge in [-0.15, -0.1) is 0 Å². The second-order valence-electron chi connectivity index (χ2n) is 9.72. The first-order valence-electron chi connectivity index (χ1n) is 11.1. The zero-order valence-corrected chi connectivity index (χ0v) is 19.1. The van der Waals surface area contributed by atoms with Crippen LogP contribution in [0.4, 0.5) is 10.5 Å². The van der Waals surface area contributed by atoms with E-state index in [9.17, 15) is 9.59 Å². The summed E-state index contributed by atoms with van der Waals surface area (Å²) in [5.74, 6) is 0.800. The summed E-state index contributed by atoms with van der Waals surface area (Å²) in [6.07, 6.45) is 0.428. The molecule has 3 aliphatic heterocycles. The van der Waals surface area contributed by atoms with Gasteiger partial charge in [-0.1, -0.05) is 26.8 Å². The Morgan fingerprint density at radius 1 is 1.13 bits per heavy atom. The van der Waals surface area contributed by atoms with Crippen LogP contribution in [-0.4, -0.2) is 71.8 Å². The number of rotatable bonds is 4. The van der Waals surface area contributed by atoms with Crippen molar-refractivity contribution >= 4 is 17.6 Å². The average Bonchev–Trinajstić information content (AvgIpc) is 3.07. The minimum atomic E-state index is -0.346. The molecule has 3 amide bonds. The Hall–Kier alpha value is -2.12. The van der Waals surface area contributed by atoms with Crippen molar-refractivity contribution < 1.29 is 9.59 Å². The van der Waals surface area contributed by atoms with Crippen molar-refractivity contribution in [1.29, 1.82) is 0 Å². The Morgan fingerprint density at radius 3 is 2.53 bits per heavy atom. The molecule has 1 aromatic rings. The predicted molar refractivity (Wildman–Crippen MR) is 118 cm³/mol. The summed E-state index contributed by atoms with van der Waals surface area (Å²) in [5, 5.41) is 3.60. The average molecular weight is 414 g/mol. The third-order valence-corrected chi connectivity index (χ3v) is 6.84. The van der Waals surface area contributed by atoms with Gasteiger partial charge in [-0.05, 0) is 55.4 Å². The van der Waals surface area contributed by atoms with E-state index in [-0.39, 0.29) is 30.4 Å². The molecule has 0 bridgehead atoms. The molecule has 3 aliphatic rings. The van der Waals surface area contributed by atoms with Crippen LogP contribution >= 0.6 is 0 Å². The standard InChI is InChI=1S/C23H35N5O2/c1-14(2)9-10-26-21(29)19-20(25(6)23(26)30)24-22-27(12-15(3)13-28(19)22)18-8-7-16(4)17(5)11-18/h7-8,11,14-15,19-20,22,24H,9-10,12-13H2,1-6H3. The predicted octanol–water partition coefficient (Wildman–Crippen LogP) is 2.58. The molecule has 0 spiro atoms. The minimum absolute atomic E-state index is 0.0621. The number of nitrogens with one attached hydrogen (secondary N) is 1. The van der Waals surface area contributed by atoms with Gasteiger partial charge in [0.25, 0.3) is 5.91 Å². The van der Waals surface area contributed by atoms with Crippen molar-refractivity contribution in [1.82, 2.24) is 20.0 Å². The number of nitrogens with zero attached hydrogens (tertiary/aromatic N) is 4. The number of hydrogen-bond acceptors (Lipinski definition) is 5. The lowest BCUT2D eigenvalue weighted by atomic mass is 10.0. The number of aryl methyl sites for hydroxylation is 2. The van der Waals surface area contributed by atoms with Crippen molar-refractivity contribution in [2.75, 3.05) is 31.6 Å². The number of carbonyl (C=O) groups excluding carboxylic acids is 2. The quantitative estimate of drug-likeness (QED) is 0.822. The molecule has 3 fully saturated rings. The smallest absolute Gasteiger partial charge is 0.327 e. The topological polar surface area (TPSA) is 59.1 Å². The highest BCUT2D eigenvalue weighted by Crippen LogP contribution is 2.35. The molecule has 4 atom stereocenters. The first kappa shape index (κ1) is 21.1. The van der Waals surface area contributed by atoms with Crippen molar-refractivity contribution in [3.63, 3.8) is 0 Å². The van der Waals surface area contributed by atoms with Gasteiger partial charge in [0, 0.05) is 32.4 Å². The summed E-state index contributed by atoms with van der Waals surface area (Å²) in [7, 11) is 1.81. The van der Waals surface area contributed by atoms with Crippen molar-refractivity contribution in [2.45, 2.75) is 59.5 Å². The van der Waals surface area contributed by atoms with Crippen LogP contribution in [0.25, 0.3) is 0 Å². The summed E-state index contributed by atoms with van der Waals surface area (Å²) in [6, 6.07) is 6.00. The summed E-state index contributed by atoms with van der Waals surface area (Å²) < 4.78 is 0. The van der Waals surface area contributed by atoms with Crippen LogP contribution in [0, 0.1) is 25.7 Å². The Bertz CT molecular complexity index is 841. The van der Waals surface area contributed by atoms with Gasteiger partial charge in [0.2, 0.25) is 0 Å². The number of imide groups is 1. The highest BCUT2D eigenvalue weighted by atomic mass is 16.2. The maximum atomic E-state index is 13.5. The van der Waals surface area contributed by atoms with Crippen LogP contribution in [0.15, 0.2) is 18.2 Å². The molecule has 164 valence electrons. The van der Waals surface area contributed by atoms with Crippen LogP contribution in [0.1, 0.15) is 38.3 Å². The van der Waals surface area contributed by atoms with Gasteiger partial charge in [-0.25, -0.2) is 4.79 Å². The molecular weight excluding hydrogens is 378 g/mol. The summed E-state index contributed by atoms with van der Waals surface area (Å²) >= 11 is 0. The lowest BCUT2D eigenvalue weighted by Gasteiger charge is -2.46. The lowest BCUT2D eigenvalue weighted by molar-refractivity contribution is -0.139. The van der Waals surface area contributed by atoms with E-state index in [0.717, 1.165) is 25.2 Å². The Labute approximate surface area is 180 Å². The van der Waals surface area contributed by atoms with Gasteiger partial charge in [-0.2, -0.15) is 0 Å². The molecule has 1 N–H and O–H groups in total. The van der Waals surface area contributed by atoms with Crippen molar-refractivity contribution in [3.05, 3.63) is 29.3 Å². The third kappa shape index (κ3) is 3.48. The van der Waals surface area contributed by atoms with Gasteiger partial charge in [0.05, 0.1) is 0 Å². The number of carbonyl (C=O) groups is 2. The van der Waals surface area contributed by atoms with E-state index in [2.05, 4.69) is 67.9 Å². The van der Waals surface area contributed by atoms with E-state index in [1.807, 2.05) is 7.05 Å². The first-order chi connectivity index (χ1) is 14.2. The summed E-state index contributed by atoms with van der Waals surface area (Å²) in [5.41, 5.74) is 3.69. The zero-order valence-electron chi connectivity index (χ0n) is 19.1. The number of urea groups is 1. The maximum Gasteiger partial charge on any atom is 0.327 e. The molecule has 0 aromatic heterocycles. The molecule has 1 aromatic carbocycles. The number of anilines is 1. The van der Waals surface area contributed by atoms with E-state index < -0.39 is 0 Å². The maximum absolute atomic E-state index is 13.5. The molecule has 7 nitrogen and oxygen atoms in total. The summed E-state index contributed by atoms with van der Waals surface area (Å²) in [6.45, 7) is 13.0. The van der Waals surface area contributed by atoms with E-state index in [1.54, 1.807) is 4.90 Å². The molecule has 3 saturated heterocycles. The lowest BCUT2D eigenvalue weighted by Crippen LogP contribution is -2.66. The second-order valence-corrected chi connectivity index (χ2v) is 9.72. The first-order valence-corrected chi connectivity index (χ1v) is 11.1. The molecule has 4 rings (SSSR count). The zero-order chi connectivity index (χ0) is 21.7. The molecule has 30 heavy (non-hydrogen) atoms. The highest BCUT2D eigenvalue weighted by molar-refractivity contribution is 6.00. The fraction of sp³-hybridized carbons (Fsp3) is 0.652. The van der Waals surface area contributed by atoms with Crippen LogP contribution in [0.3, 0.4) is 0 Å². The van der Waals surface area contributed by atoms with Gasteiger partial charge in [0.15, 0.2) is 0 Å². The van der Waals surface area contributed by atoms with Gasteiger partial charge < -0.3 is 9.80 Å². The SMILES string of the molecule is Cc1ccc(N2CC(C)CN3C4C(=O)N(CCC(C)C)C(=O)N(C)C4NC23)cc1C. The number of likely N-dealkylation sites (N-methyl/N-ethyl adjacent to an activating group) is 1. The van der Waals surface area contributed by atoms with Crippen molar-refractivity contribution in [3.8, 4) is 0 Å². The van der Waals surface area contributed by atoms with Gasteiger partial charge in [0.1, 0.15) is 18.5 Å². The van der Waals surface area contributed by atoms with E-state index in [0.29, 0.717) is 18.4 Å². The van der Waals surface area contributed by atoms with E-state index in [1.165, 1.54) is 16.0 Å². The van der Waals surface area contributed by atoms with E-state index >= 15 is 0 Å². The van der Waals surface area contributed by atoms with Crippen molar-refractivity contribution in [2.24, 2.45) is 11.8 Å². The Morgan fingerprint density at radius 2 is 1.87 bits per heavy atom.